The Morgan fingerprint density at radius 1 is 1.32 bits per heavy atom. The highest BCUT2D eigenvalue weighted by Crippen LogP contribution is 2.45. The molecule has 0 radical (unpaired) electrons. The van der Waals surface area contributed by atoms with E-state index in [-0.39, 0.29) is 10.9 Å². The number of ether oxygens (including phenoxy) is 1. The Kier molecular flexibility index (Phi) is 4.91. The molecule has 5 nitrogen and oxygen atoms in total. The van der Waals surface area contributed by atoms with Crippen LogP contribution in [0.15, 0.2) is 30.7 Å². The Balaban J connectivity index is 1.49. The lowest BCUT2D eigenvalue weighted by Crippen LogP contribution is -2.46. The number of hydrogen-bond donors (Lipinski definition) is 1. The van der Waals surface area contributed by atoms with E-state index in [1.165, 1.54) is 6.20 Å². The molecule has 1 N–H and O–H groups in total. The van der Waals surface area contributed by atoms with Gasteiger partial charge in [0.25, 0.3) is 5.92 Å². The molecular formula is C20H22ClF2N3O2. The monoisotopic (exact) mass is 409 g/mol. The van der Waals surface area contributed by atoms with Crippen LogP contribution in [0.3, 0.4) is 0 Å². The molecule has 8 heteroatoms. The summed E-state index contributed by atoms with van der Waals surface area (Å²) in [7, 11) is 0. The Morgan fingerprint density at radius 2 is 2.07 bits per heavy atom. The molecule has 0 aliphatic carbocycles. The first kappa shape index (κ1) is 19.3. The second-order valence-electron chi connectivity index (χ2n) is 7.57. The number of hydrogen-bond acceptors (Lipinski definition) is 5. The van der Waals surface area contributed by atoms with E-state index in [1.807, 2.05) is 0 Å². The van der Waals surface area contributed by atoms with Crippen LogP contribution in [-0.4, -0.2) is 34.8 Å². The maximum Gasteiger partial charge on any atom is 0.288 e. The zero-order valence-electron chi connectivity index (χ0n) is 15.5. The van der Waals surface area contributed by atoms with Gasteiger partial charge in [0.05, 0.1) is 23.5 Å². The van der Waals surface area contributed by atoms with Crippen molar-refractivity contribution in [1.29, 1.82) is 0 Å². The zero-order valence-corrected chi connectivity index (χ0v) is 16.3. The molecule has 1 atom stereocenters. The van der Waals surface area contributed by atoms with Crippen LogP contribution in [0.25, 0.3) is 0 Å². The Hall–Kier alpha value is -1.99. The van der Waals surface area contributed by atoms with Crippen LogP contribution >= 0.6 is 11.6 Å². The summed E-state index contributed by atoms with van der Waals surface area (Å²) in [5, 5.41) is 11.4. The van der Waals surface area contributed by atoms with Crippen molar-refractivity contribution < 1.29 is 18.6 Å². The van der Waals surface area contributed by atoms with Gasteiger partial charge in [-0.1, -0.05) is 11.6 Å². The molecule has 150 valence electrons. The highest BCUT2D eigenvalue weighted by molar-refractivity contribution is 6.31. The van der Waals surface area contributed by atoms with E-state index in [0.29, 0.717) is 31.9 Å². The second kappa shape index (κ2) is 7.12. The van der Waals surface area contributed by atoms with Gasteiger partial charge in [-0.05, 0) is 30.9 Å². The van der Waals surface area contributed by atoms with Crippen LogP contribution in [0.5, 0.6) is 5.75 Å². The molecule has 1 saturated heterocycles. The van der Waals surface area contributed by atoms with Gasteiger partial charge in [-0.15, -0.1) is 0 Å². The first-order valence-electron chi connectivity index (χ1n) is 9.37. The van der Waals surface area contributed by atoms with E-state index in [4.69, 9.17) is 16.3 Å². The number of piperidine rings is 1. The van der Waals surface area contributed by atoms with E-state index in [2.05, 4.69) is 14.9 Å². The number of alkyl halides is 2. The molecule has 2 aliphatic rings. The van der Waals surface area contributed by atoms with Crippen molar-refractivity contribution in [3.05, 3.63) is 47.0 Å². The van der Waals surface area contributed by atoms with Gasteiger partial charge in [0.2, 0.25) is 0 Å². The number of anilines is 1. The lowest BCUT2D eigenvalue weighted by molar-refractivity contribution is -0.0630. The predicted molar refractivity (Wildman–Crippen MR) is 102 cm³/mol. The average molecular weight is 410 g/mol. The topological polar surface area (TPSA) is 58.5 Å². The number of rotatable bonds is 3. The van der Waals surface area contributed by atoms with E-state index in [9.17, 15) is 13.9 Å². The minimum absolute atomic E-state index is 0.0322. The molecule has 2 aromatic heterocycles. The number of pyridine rings is 2. The summed E-state index contributed by atoms with van der Waals surface area (Å²) in [5.41, 5.74) is 0.0997. The second-order valence-corrected chi connectivity index (χ2v) is 7.98. The van der Waals surface area contributed by atoms with Gasteiger partial charge in [-0.25, -0.2) is 0 Å². The third-order valence-electron chi connectivity index (χ3n) is 5.77. The summed E-state index contributed by atoms with van der Waals surface area (Å²) in [6, 6.07) is 3.33. The molecule has 0 saturated carbocycles. The van der Waals surface area contributed by atoms with Gasteiger partial charge >= 0.3 is 0 Å². The number of aromatic nitrogens is 2. The molecule has 4 heterocycles. The molecule has 0 amide bonds. The first-order chi connectivity index (χ1) is 13.3. The van der Waals surface area contributed by atoms with Crippen LogP contribution in [0.2, 0.25) is 5.02 Å². The minimum Gasteiger partial charge on any atom is -0.493 e. The smallest absolute Gasteiger partial charge is 0.288 e. The average Bonchev–Trinajstić information content (AvgIpc) is 2.67. The van der Waals surface area contributed by atoms with Crippen molar-refractivity contribution in [2.75, 3.05) is 24.6 Å². The fraction of sp³-hybridized carbons (Fsp3) is 0.500. The molecule has 4 rings (SSSR count). The van der Waals surface area contributed by atoms with Crippen molar-refractivity contribution in [3.8, 4) is 5.75 Å². The Bertz CT molecular complexity index is 869. The van der Waals surface area contributed by atoms with Gasteiger partial charge in [0, 0.05) is 44.4 Å². The third-order valence-corrected chi connectivity index (χ3v) is 6.05. The normalized spacial score (nSPS) is 23.2. The van der Waals surface area contributed by atoms with Crippen LogP contribution in [0, 0.1) is 5.92 Å². The maximum atomic E-state index is 13.5. The summed E-state index contributed by atoms with van der Waals surface area (Å²) in [6.07, 6.45) is 6.84. The highest BCUT2D eigenvalue weighted by Gasteiger charge is 2.44. The molecule has 2 aromatic rings. The SMILES string of the molecule is CC(F)(F)c1ncc(N2CCC(C3(O)CCOc4ccncc43)CC2)cc1Cl. The summed E-state index contributed by atoms with van der Waals surface area (Å²) >= 11 is 6.03. The van der Waals surface area contributed by atoms with E-state index >= 15 is 0 Å². The fourth-order valence-corrected chi connectivity index (χ4v) is 4.57. The van der Waals surface area contributed by atoms with Gasteiger partial charge in [0.1, 0.15) is 17.0 Å². The molecule has 2 aliphatic heterocycles. The van der Waals surface area contributed by atoms with Crippen molar-refractivity contribution in [3.63, 3.8) is 0 Å². The largest absolute Gasteiger partial charge is 0.493 e. The van der Waals surface area contributed by atoms with Crippen molar-refractivity contribution in [2.24, 2.45) is 5.92 Å². The quantitative estimate of drug-likeness (QED) is 0.826. The molecule has 0 spiro atoms. The standard InChI is InChI=1S/C20H22ClF2N3O2/c1-19(22,23)18-16(21)10-14(11-25-18)26-7-3-13(4-8-26)20(27)5-9-28-17-2-6-24-12-15(17)20/h2,6,10-13,27H,3-5,7-9H2,1H3. The highest BCUT2D eigenvalue weighted by atomic mass is 35.5. The first-order valence-corrected chi connectivity index (χ1v) is 9.75. The molecule has 1 fully saturated rings. The number of aliphatic hydroxyl groups is 1. The summed E-state index contributed by atoms with van der Waals surface area (Å²) < 4.78 is 32.7. The van der Waals surface area contributed by atoms with E-state index in [0.717, 1.165) is 31.0 Å². The Morgan fingerprint density at radius 3 is 2.75 bits per heavy atom. The summed E-state index contributed by atoms with van der Waals surface area (Å²) in [4.78, 5) is 10.1. The van der Waals surface area contributed by atoms with Crippen LogP contribution < -0.4 is 9.64 Å². The molecule has 0 bridgehead atoms. The van der Waals surface area contributed by atoms with Crippen molar-refractivity contribution in [1.82, 2.24) is 9.97 Å². The van der Waals surface area contributed by atoms with Crippen LogP contribution in [0.4, 0.5) is 14.5 Å². The fourth-order valence-electron chi connectivity index (χ4n) is 4.25. The summed E-state index contributed by atoms with van der Waals surface area (Å²) in [6.45, 7) is 2.63. The van der Waals surface area contributed by atoms with Gasteiger partial charge < -0.3 is 14.7 Å². The lowest BCUT2D eigenvalue weighted by atomic mass is 9.73. The lowest BCUT2D eigenvalue weighted by Gasteiger charge is -2.44. The maximum absolute atomic E-state index is 13.5. The summed E-state index contributed by atoms with van der Waals surface area (Å²) in [5.74, 6) is -2.31. The number of halogens is 3. The molecule has 0 aromatic carbocycles. The Labute approximate surface area is 167 Å². The number of fused-ring (bicyclic) bond motifs is 1. The van der Waals surface area contributed by atoms with Crippen molar-refractivity contribution >= 4 is 17.3 Å². The van der Waals surface area contributed by atoms with Crippen LogP contribution in [0.1, 0.15) is 37.4 Å². The zero-order chi connectivity index (χ0) is 19.9. The van der Waals surface area contributed by atoms with Crippen LogP contribution in [-0.2, 0) is 11.5 Å². The van der Waals surface area contributed by atoms with Gasteiger partial charge in [-0.2, -0.15) is 8.78 Å². The molecule has 28 heavy (non-hydrogen) atoms. The van der Waals surface area contributed by atoms with E-state index < -0.39 is 17.2 Å². The molecule has 1 unspecified atom stereocenters. The number of nitrogens with zero attached hydrogens (tertiary/aromatic N) is 3. The van der Waals surface area contributed by atoms with Gasteiger partial charge in [-0.3, -0.25) is 9.97 Å². The predicted octanol–water partition coefficient (Wildman–Crippen LogP) is 4.13. The van der Waals surface area contributed by atoms with Crippen molar-refractivity contribution in [2.45, 2.75) is 37.7 Å². The van der Waals surface area contributed by atoms with E-state index in [1.54, 1.807) is 24.5 Å². The third kappa shape index (κ3) is 3.42. The van der Waals surface area contributed by atoms with Gasteiger partial charge in [0.15, 0.2) is 0 Å². The minimum atomic E-state index is -3.07. The molecular weight excluding hydrogens is 388 g/mol.